The Bertz CT molecular complexity index is 937. The summed E-state index contributed by atoms with van der Waals surface area (Å²) in [5.41, 5.74) is 2.34. The van der Waals surface area contributed by atoms with Gasteiger partial charge in [-0.1, -0.05) is 15.9 Å². The summed E-state index contributed by atoms with van der Waals surface area (Å²) >= 11 is 3.34. The van der Waals surface area contributed by atoms with Crippen LogP contribution in [0.4, 0.5) is 11.4 Å². The largest absolute Gasteiger partial charge is 0.497 e. The SMILES string of the molecule is COc1ccc(NC(=O)c2ccc(NC(=O)c3ccc(Br)cc3)cc2)cc1. The third-order valence-electron chi connectivity index (χ3n) is 3.86. The molecule has 3 aromatic rings. The summed E-state index contributed by atoms with van der Waals surface area (Å²) in [6.45, 7) is 0. The maximum atomic E-state index is 12.3. The molecule has 0 radical (unpaired) electrons. The van der Waals surface area contributed by atoms with Gasteiger partial charge in [0.25, 0.3) is 11.8 Å². The minimum atomic E-state index is -0.231. The standard InChI is InChI=1S/C21H17BrN2O3/c1-27-19-12-10-18(11-13-19)24-21(26)15-4-8-17(9-5-15)23-20(25)14-2-6-16(22)7-3-14/h2-13H,1H3,(H,23,25)(H,24,26). The topological polar surface area (TPSA) is 67.4 Å². The summed E-state index contributed by atoms with van der Waals surface area (Å²) in [6, 6.07) is 20.9. The molecule has 3 aromatic carbocycles. The molecule has 0 saturated heterocycles. The molecule has 3 rings (SSSR count). The van der Waals surface area contributed by atoms with Gasteiger partial charge < -0.3 is 15.4 Å². The molecule has 0 aliphatic rings. The van der Waals surface area contributed by atoms with E-state index in [2.05, 4.69) is 26.6 Å². The number of nitrogens with one attached hydrogen (secondary N) is 2. The second-order valence-corrected chi connectivity index (χ2v) is 6.64. The van der Waals surface area contributed by atoms with E-state index in [-0.39, 0.29) is 11.8 Å². The minimum absolute atomic E-state index is 0.210. The van der Waals surface area contributed by atoms with E-state index in [0.29, 0.717) is 22.5 Å². The third kappa shape index (κ3) is 4.95. The summed E-state index contributed by atoms with van der Waals surface area (Å²) in [5.74, 6) is 0.280. The Morgan fingerprint density at radius 2 is 1.11 bits per heavy atom. The van der Waals surface area contributed by atoms with Crippen LogP contribution >= 0.6 is 15.9 Å². The van der Waals surface area contributed by atoms with Gasteiger partial charge in [0.05, 0.1) is 7.11 Å². The number of hydrogen-bond acceptors (Lipinski definition) is 3. The van der Waals surface area contributed by atoms with Crippen molar-refractivity contribution in [2.45, 2.75) is 0 Å². The fourth-order valence-electron chi connectivity index (χ4n) is 2.39. The molecule has 0 aliphatic carbocycles. The molecule has 0 aromatic heterocycles. The van der Waals surface area contributed by atoms with Gasteiger partial charge in [-0.05, 0) is 72.8 Å². The van der Waals surface area contributed by atoms with Gasteiger partial charge in [-0.2, -0.15) is 0 Å². The fourth-order valence-corrected chi connectivity index (χ4v) is 2.65. The normalized spacial score (nSPS) is 10.1. The predicted molar refractivity (Wildman–Crippen MR) is 109 cm³/mol. The van der Waals surface area contributed by atoms with E-state index in [1.165, 1.54) is 0 Å². The maximum absolute atomic E-state index is 12.3. The molecule has 0 spiro atoms. The second-order valence-electron chi connectivity index (χ2n) is 5.72. The number of methoxy groups -OCH3 is 1. The highest BCUT2D eigenvalue weighted by atomic mass is 79.9. The molecule has 0 saturated carbocycles. The van der Waals surface area contributed by atoms with Crippen molar-refractivity contribution in [1.29, 1.82) is 0 Å². The van der Waals surface area contributed by atoms with E-state index in [4.69, 9.17) is 4.74 Å². The van der Waals surface area contributed by atoms with E-state index < -0.39 is 0 Å². The molecule has 0 aliphatic heterocycles. The second kappa shape index (κ2) is 8.51. The van der Waals surface area contributed by atoms with Gasteiger partial charge in [-0.15, -0.1) is 0 Å². The zero-order valence-electron chi connectivity index (χ0n) is 14.5. The zero-order chi connectivity index (χ0) is 19.2. The van der Waals surface area contributed by atoms with E-state index in [1.54, 1.807) is 67.8 Å². The van der Waals surface area contributed by atoms with Gasteiger partial charge in [-0.3, -0.25) is 9.59 Å². The Morgan fingerprint density at radius 3 is 1.56 bits per heavy atom. The molecule has 0 unspecified atom stereocenters. The number of rotatable bonds is 5. The van der Waals surface area contributed by atoms with Crippen molar-refractivity contribution in [2.24, 2.45) is 0 Å². The van der Waals surface area contributed by atoms with E-state index in [0.717, 1.165) is 10.2 Å². The number of hydrogen-bond donors (Lipinski definition) is 2. The third-order valence-corrected chi connectivity index (χ3v) is 4.39. The molecule has 27 heavy (non-hydrogen) atoms. The molecular formula is C21H17BrN2O3. The van der Waals surface area contributed by atoms with Crippen molar-refractivity contribution in [3.05, 3.63) is 88.4 Å². The zero-order valence-corrected chi connectivity index (χ0v) is 16.1. The smallest absolute Gasteiger partial charge is 0.255 e. The number of carbonyl (C=O) groups is 2. The Hall–Kier alpha value is -3.12. The van der Waals surface area contributed by atoms with Crippen LogP contribution in [0.5, 0.6) is 5.75 Å². The Labute approximate surface area is 165 Å². The summed E-state index contributed by atoms with van der Waals surface area (Å²) in [7, 11) is 1.59. The van der Waals surface area contributed by atoms with Crippen LogP contribution in [0.1, 0.15) is 20.7 Å². The van der Waals surface area contributed by atoms with Crippen molar-refractivity contribution in [2.75, 3.05) is 17.7 Å². The molecule has 5 nitrogen and oxygen atoms in total. The van der Waals surface area contributed by atoms with Crippen molar-refractivity contribution >= 4 is 39.1 Å². The molecule has 0 bridgehead atoms. The minimum Gasteiger partial charge on any atom is -0.497 e. The van der Waals surface area contributed by atoms with E-state index in [1.807, 2.05) is 12.1 Å². The predicted octanol–water partition coefficient (Wildman–Crippen LogP) is 4.96. The van der Waals surface area contributed by atoms with Crippen molar-refractivity contribution in [1.82, 2.24) is 0 Å². The Kier molecular flexibility index (Phi) is 5.88. The summed E-state index contributed by atoms with van der Waals surface area (Å²) in [4.78, 5) is 24.5. The first-order valence-corrected chi connectivity index (χ1v) is 8.97. The average molecular weight is 425 g/mol. The number of anilines is 2. The van der Waals surface area contributed by atoms with E-state index in [9.17, 15) is 9.59 Å². The molecule has 136 valence electrons. The van der Waals surface area contributed by atoms with Gasteiger partial charge >= 0.3 is 0 Å². The van der Waals surface area contributed by atoms with Gasteiger partial charge in [0.15, 0.2) is 0 Å². The van der Waals surface area contributed by atoms with Crippen LogP contribution in [0.3, 0.4) is 0 Å². The van der Waals surface area contributed by atoms with Crippen LogP contribution in [0.25, 0.3) is 0 Å². The monoisotopic (exact) mass is 424 g/mol. The molecular weight excluding hydrogens is 408 g/mol. The lowest BCUT2D eigenvalue weighted by atomic mass is 10.1. The maximum Gasteiger partial charge on any atom is 0.255 e. The van der Waals surface area contributed by atoms with Crippen LogP contribution in [-0.2, 0) is 0 Å². The van der Waals surface area contributed by atoms with Crippen molar-refractivity contribution in [3.63, 3.8) is 0 Å². The van der Waals surface area contributed by atoms with Crippen molar-refractivity contribution < 1.29 is 14.3 Å². The van der Waals surface area contributed by atoms with Gasteiger partial charge in [-0.25, -0.2) is 0 Å². The van der Waals surface area contributed by atoms with Crippen LogP contribution in [0, 0.1) is 0 Å². The Balaban J connectivity index is 1.62. The lowest BCUT2D eigenvalue weighted by molar-refractivity contribution is 0.102. The molecule has 2 amide bonds. The first-order valence-electron chi connectivity index (χ1n) is 8.17. The quantitative estimate of drug-likeness (QED) is 0.607. The highest BCUT2D eigenvalue weighted by molar-refractivity contribution is 9.10. The van der Waals surface area contributed by atoms with Crippen LogP contribution < -0.4 is 15.4 Å². The Morgan fingerprint density at radius 1 is 0.704 bits per heavy atom. The molecule has 0 atom stereocenters. The fraction of sp³-hybridized carbons (Fsp3) is 0.0476. The lowest BCUT2D eigenvalue weighted by Gasteiger charge is -2.08. The van der Waals surface area contributed by atoms with Crippen LogP contribution in [0.15, 0.2) is 77.3 Å². The average Bonchev–Trinajstić information content (AvgIpc) is 2.69. The number of ether oxygens (including phenoxy) is 1. The highest BCUT2D eigenvalue weighted by Gasteiger charge is 2.09. The van der Waals surface area contributed by atoms with Crippen LogP contribution in [0.2, 0.25) is 0 Å². The first kappa shape index (κ1) is 18.7. The number of halogens is 1. The van der Waals surface area contributed by atoms with E-state index >= 15 is 0 Å². The summed E-state index contributed by atoms with van der Waals surface area (Å²) < 4.78 is 6.00. The van der Waals surface area contributed by atoms with Gasteiger partial charge in [0.2, 0.25) is 0 Å². The van der Waals surface area contributed by atoms with Crippen molar-refractivity contribution in [3.8, 4) is 5.75 Å². The molecule has 6 heteroatoms. The molecule has 0 fully saturated rings. The van der Waals surface area contributed by atoms with Gasteiger partial charge in [0, 0.05) is 27.0 Å². The summed E-state index contributed by atoms with van der Waals surface area (Å²) in [6.07, 6.45) is 0. The molecule has 2 N–H and O–H groups in total. The number of carbonyl (C=O) groups excluding carboxylic acids is 2. The first-order chi connectivity index (χ1) is 13.0. The highest BCUT2D eigenvalue weighted by Crippen LogP contribution is 2.17. The van der Waals surface area contributed by atoms with Gasteiger partial charge in [0.1, 0.15) is 5.75 Å². The number of benzene rings is 3. The van der Waals surface area contributed by atoms with Crippen LogP contribution in [-0.4, -0.2) is 18.9 Å². The molecule has 0 heterocycles. The number of amides is 2. The summed E-state index contributed by atoms with van der Waals surface area (Å²) in [5, 5.41) is 5.62. The lowest BCUT2D eigenvalue weighted by Crippen LogP contribution is -2.13.